The van der Waals surface area contributed by atoms with Crippen molar-refractivity contribution in [1.29, 1.82) is 0 Å². The summed E-state index contributed by atoms with van der Waals surface area (Å²) in [4.78, 5) is 72.8. The van der Waals surface area contributed by atoms with Crippen LogP contribution >= 0.6 is 15.6 Å². The van der Waals surface area contributed by atoms with Gasteiger partial charge in [0.25, 0.3) is 0 Å². The van der Waals surface area contributed by atoms with E-state index >= 15 is 0 Å². The molecule has 0 aromatic rings. The van der Waals surface area contributed by atoms with Crippen molar-refractivity contribution in [2.75, 3.05) is 39.6 Å². The third kappa shape index (κ3) is 70.8. The SMILES string of the molecule is CC/C=C\C/C=C\C/C=C\C/C=C\C/C=C\CCCC(=O)OCC(COP(=O)(O)OCC(O)COP(=O)(O)OCC(COC(=O)CCCCCC/C=C\C/C=C\C/C=C\C/C=C\CC)OC(=O)CCCCCCC/C=C\CCCC)OC(=O)CCCC/C=C\C/C=C\C/C=C\C/C=C\CC. The first-order valence-electron chi connectivity index (χ1n) is 37.4. The molecule has 0 aliphatic carbocycles. The lowest BCUT2D eigenvalue weighted by atomic mass is 10.1. The van der Waals surface area contributed by atoms with Gasteiger partial charge in [0.15, 0.2) is 12.2 Å². The number of hydrogen-bond donors (Lipinski definition) is 3. The number of aliphatic hydroxyl groups excluding tert-OH is 1. The van der Waals surface area contributed by atoms with Crippen molar-refractivity contribution in [3.8, 4) is 0 Å². The van der Waals surface area contributed by atoms with E-state index in [0.717, 1.165) is 154 Å². The quantitative estimate of drug-likeness (QED) is 0.0169. The molecular weight excluding hydrogens is 1310 g/mol. The van der Waals surface area contributed by atoms with E-state index in [1.807, 2.05) is 18.2 Å². The molecule has 0 fully saturated rings. The minimum Gasteiger partial charge on any atom is -0.462 e. The molecule has 19 heteroatoms. The third-order valence-corrected chi connectivity index (χ3v) is 16.6. The number of rotatable bonds is 68. The van der Waals surface area contributed by atoms with Crippen molar-refractivity contribution >= 4 is 39.5 Å². The number of hydrogen-bond acceptors (Lipinski definition) is 15. The van der Waals surface area contributed by atoms with Gasteiger partial charge in [0, 0.05) is 25.7 Å². The molecule has 0 aromatic heterocycles. The van der Waals surface area contributed by atoms with Crippen molar-refractivity contribution in [3.05, 3.63) is 170 Å². The van der Waals surface area contributed by atoms with Crippen LogP contribution < -0.4 is 0 Å². The lowest BCUT2D eigenvalue weighted by Gasteiger charge is -2.21. The smallest absolute Gasteiger partial charge is 0.462 e. The summed E-state index contributed by atoms with van der Waals surface area (Å²) in [6.45, 7) is 4.30. The molecule has 0 rings (SSSR count). The van der Waals surface area contributed by atoms with Gasteiger partial charge < -0.3 is 33.8 Å². The van der Waals surface area contributed by atoms with Gasteiger partial charge in [-0.1, -0.05) is 243 Å². The largest absolute Gasteiger partial charge is 0.472 e. The molecule has 5 unspecified atom stereocenters. The van der Waals surface area contributed by atoms with Crippen molar-refractivity contribution in [2.24, 2.45) is 0 Å². The van der Waals surface area contributed by atoms with Crippen LogP contribution in [0.3, 0.4) is 0 Å². The highest BCUT2D eigenvalue weighted by Crippen LogP contribution is 2.45. The Balaban J connectivity index is 5.46. The maximum atomic E-state index is 13.1. The number of carbonyl (C=O) groups excluding carboxylic acids is 4. The van der Waals surface area contributed by atoms with Crippen molar-refractivity contribution in [3.63, 3.8) is 0 Å². The summed E-state index contributed by atoms with van der Waals surface area (Å²) >= 11 is 0. The molecular formula is C81H130O17P2. The zero-order chi connectivity index (χ0) is 73.2. The minimum absolute atomic E-state index is 0.0235. The van der Waals surface area contributed by atoms with E-state index in [-0.39, 0.29) is 25.7 Å². The molecule has 0 heterocycles. The molecule has 0 radical (unpaired) electrons. The molecule has 17 nitrogen and oxygen atoms in total. The number of esters is 4. The summed E-state index contributed by atoms with van der Waals surface area (Å²) < 4.78 is 68.3. The molecule has 0 amide bonds. The predicted octanol–water partition coefficient (Wildman–Crippen LogP) is 21.4. The average molecular weight is 1440 g/mol. The molecule has 0 saturated heterocycles. The summed E-state index contributed by atoms with van der Waals surface area (Å²) in [5.74, 6) is -2.35. The lowest BCUT2D eigenvalue weighted by molar-refractivity contribution is -0.161. The van der Waals surface area contributed by atoms with Gasteiger partial charge in [-0.25, -0.2) is 9.13 Å². The standard InChI is InChI=1S/C81H130O17P2/c1-5-9-13-17-21-25-29-32-35-37-40-42-46-49-53-57-61-65-78(83)91-71-76(97-80(85)67-63-59-55-51-45-28-24-20-16-12-8-4)73-95-99(87,88)93-69-75(82)70-94-100(89,90)96-74-77(98-81(86)68-64-60-56-52-48-44-39-34-31-27-23-19-15-11-7-3)72-92-79(84)66-62-58-54-50-47-43-41-38-36-33-30-26-22-18-14-10-6-2/h9-11,13-15,20-27,32-36,39-43,48,50,52,54,75-77,82H,5-8,12,16-19,28-31,37-38,44-47,49,51,53,55-74H2,1-4H3,(H,87,88)(H,89,90)/b13-9-,14-10-,15-11-,24-20-,25-21-,26-22-,27-23-,35-32-,36-33-,39-34-,42-40-,43-41-,52-48-,54-50-. The van der Waals surface area contributed by atoms with Crippen LogP contribution in [0.1, 0.15) is 259 Å². The number of unbranched alkanes of at least 4 members (excludes halogenated alkanes) is 14. The summed E-state index contributed by atoms with van der Waals surface area (Å²) in [5, 5.41) is 10.6. The fourth-order valence-electron chi connectivity index (χ4n) is 9.04. The normalized spacial score (nSPS) is 14.9. The van der Waals surface area contributed by atoms with Gasteiger partial charge in [-0.2, -0.15) is 0 Å². The van der Waals surface area contributed by atoms with E-state index in [1.54, 1.807) is 0 Å². The van der Waals surface area contributed by atoms with Crippen LogP contribution in [0.5, 0.6) is 0 Å². The monoisotopic (exact) mass is 1440 g/mol. The number of ether oxygens (including phenoxy) is 4. The molecule has 100 heavy (non-hydrogen) atoms. The van der Waals surface area contributed by atoms with Crippen LogP contribution in [0.25, 0.3) is 0 Å². The van der Waals surface area contributed by atoms with E-state index in [9.17, 15) is 43.2 Å². The highest BCUT2D eigenvalue weighted by molar-refractivity contribution is 7.47. The average Bonchev–Trinajstić information content (AvgIpc) is 1.02. The fraction of sp³-hybridized carbons (Fsp3) is 0.605. The van der Waals surface area contributed by atoms with E-state index < -0.39 is 97.5 Å². The van der Waals surface area contributed by atoms with Crippen LogP contribution in [0, 0.1) is 0 Å². The highest BCUT2D eigenvalue weighted by atomic mass is 31.2. The molecule has 0 spiro atoms. The minimum atomic E-state index is -5.01. The Morgan fingerprint density at radius 3 is 0.870 bits per heavy atom. The third-order valence-electron chi connectivity index (χ3n) is 14.7. The molecule has 0 bridgehead atoms. The molecule has 0 aliphatic rings. The second-order valence-corrected chi connectivity index (χ2v) is 27.0. The van der Waals surface area contributed by atoms with E-state index in [4.69, 9.17) is 37.0 Å². The zero-order valence-corrected chi connectivity index (χ0v) is 63.3. The Morgan fingerprint density at radius 2 is 0.530 bits per heavy atom. The Kier molecular flexibility index (Phi) is 67.8. The van der Waals surface area contributed by atoms with Gasteiger partial charge in [-0.15, -0.1) is 0 Å². The van der Waals surface area contributed by atoms with E-state index in [1.165, 1.54) is 12.8 Å². The summed E-state index contributed by atoms with van der Waals surface area (Å²) in [5.41, 5.74) is 0. The maximum Gasteiger partial charge on any atom is 0.472 e. The van der Waals surface area contributed by atoms with Crippen molar-refractivity contribution in [1.82, 2.24) is 0 Å². The van der Waals surface area contributed by atoms with Gasteiger partial charge in [0.1, 0.15) is 19.3 Å². The first-order valence-corrected chi connectivity index (χ1v) is 40.4. The van der Waals surface area contributed by atoms with Gasteiger partial charge in [0.05, 0.1) is 26.4 Å². The second kappa shape index (κ2) is 71.8. The molecule has 0 aromatic carbocycles. The number of phosphoric acid groups is 2. The maximum absolute atomic E-state index is 13.1. The van der Waals surface area contributed by atoms with Gasteiger partial charge in [0.2, 0.25) is 0 Å². The first kappa shape index (κ1) is 94.4. The highest BCUT2D eigenvalue weighted by Gasteiger charge is 2.30. The summed E-state index contributed by atoms with van der Waals surface area (Å²) in [6, 6.07) is 0. The summed E-state index contributed by atoms with van der Waals surface area (Å²) in [6.07, 6.45) is 83.7. The Morgan fingerprint density at radius 1 is 0.290 bits per heavy atom. The van der Waals surface area contributed by atoms with Crippen LogP contribution in [0.15, 0.2) is 170 Å². The molecule has 3 N–H and O–H groups in total. The zero-order valence-electron chi connectivity index (χ0n) is 61.5. The predicted molar refractivity (Wildman–Crippen MR) is 408 cm³/mol. The van der Waals surface area contributed by atoms with Gasteiger partial charge in [-0.05, 0) is 161 Å². The topological polar surface area (TPSA) is 237 Å². The van der Waals surface area contributed by atoms with Crippen molar-refractivity contribution < 1.29 is 80.2 Å². The number of allylic oxidation sites excluding steroid dienone is 28. The number of phosphoric ester groups is 2. The first-order chi connectivity index (χ1) is 48.7. The van der Waals surface area contributed by atoms with E-state index in [0.29, 0.717) is 38.5 Å². The lowest BCUT2D eigenvalue weighted by Crippen LogP contribution is -2.30. The molecule has 0 saturated carbocycles. The summed E-state index contributed by atoms with van der Waals surface area (Å²) in [7, 11) is -10.00. The van der Waals surface area contributed by atoms with Crippen LogP contribution in [0.4, 0.5) is 0 Å². The van der Waals surface area contributed by atoms with Crippen LogP contribution in [-0.2, 0) is 65.4 Å². The Hall–Kier alpha value is -5.58. The number of aliphatic hydroxyl groups is 1. The van der Waals surface area contributed by atoms with Gasteiger partial charge in [-0.3, -0.25) is 37.3 Å². The van der Waals surface area contributed by atoms with E-state index in [2.05, 4.69) is 180 Å². The fourth-order valence-corrected chi connectivity index (χ4v) is 10.6. The van der Waals surface area contributed by atoms with Crippen LogP contribution in [0.2, 0.25) is 0 Å². The molecule has 566 valence electrons. The molecule has 0 aliphatic heterocycles. The Labute approximate surface area is 603 Å². The van der Waals surface area contributed by atoms with Crippen molar-refractivity contribution in [2.45, 2.75) is 277 Å². The second-order valence-electron chi connectivity index (χ2n) is 24.1. The van der Waals surface area contributed by atoms with Crippen LogP contribution in [-0.4, -0.2) is 96.7 Å². The molecule has 5 atom stereocenters. The Bertz CT molecular complexity index is 2570. The van der Waals surface area contributed by atoms with Gasteiger partial charge >= 0.3 is 39.5 Å². The number of carbonyl (C=O) groups is 4.